The largest absolute Gasteiger partial charge is 0.385 e. The summed E-state index contributed by atoms with van der Waals surface area (Å²) in [6.45, 7) is 0.677. The van der Waals surface area contributed by atoms with Crippen molar-refractivity contribution in [3.63, 3.8) is 0 Å². The second kappa shape index (κ2) is 3.23. The van der Waals surface area contributed by atoms with Gasteiger partial charge in [-0.1, -0.05) is 18.2 Å². The van der Waals surface area contributed by atoms with E-state index in [1.165, 1.54) is 7.05 Å². The molecule has 1 saturated heterocycles. The van der Waals surface area contributed by atoms with Crippen LogP contribution in [0.1, 0.15) is 12.0 Å². The van der Waals surface area contributed by atoms with E-state index in [0.29, 0.717) is 13.0 Å². The van der Waals surface area contributed by atoms with Gasteiger partial charge in [0.1, 0.15) is 0 Å². The summed E-state index contributed by atoms with van der Waals surface area (Å²) < 4.78 is 0. The van der Waals surface area contributed by atoms with Crippen LogP contribution in [0.15, 0.2) is 24.3 Å². The summed E-state index contributed by atoms with van der Waals surface area (Å²) in [4.78, 5) is 25.1. The zero-order valence-electron chi connectivity index (χ0n) is 9.49. The number of hydrogen-bond donors (Lipinski definition) is 2. The Labute approximate surface area is 98.8 Å². The molecule has 2 aliphatic heterocycles. The van der Waals surface area contributed by atoms with Crippen molar-refractivity contribution in [1.29, 1.82) is 0 Å². The van der Waals surface area contributed by atoms with E-state index in [0.717, 1.165) is 16.2 Å². The van der Waals surface area contributed by atoms with E-state index in [-0.39, 0.29) is 11.9 Å². The third kappa shape index (κ3) is 1.19. The molecule has 1 spiro atoms. The second-order valence-electron chi connectivity index (χ2n) is 4.42. The first-order valence-corrected chi connectivity index (χ1v) is 5.59. The Balaban J connectivity index is 2.17. The molecule has 2 aliphatic rings. The van der Waals surface area contributed by atoms with E-state index < -0.39 is 5.54 Å². The monoisotopic (exact) mass is 231 g/mol. The van der Waals surface area contributed by atoms with Crippen LogP contribution < -0.4 is 10.6 Å². The number of urea groups is 1. The van der Waals surface area contributed by atoms with Crippen LogP contribution in [0.5, 0.6) is 0 Å². The third-order valence-corrected chi connectivity index (χ3v) is 3.50. The molecule has 1 unspecified atom stereocenters. The highest BCUT2D eigenvalue weighted by Crippen LogP contribution is 2.38. The first kappa shape index (κ1) is 10.1. The molecule has 0 saturated carbocycles. The van der Waals surface area contributed by atoms with Gasteiger partial charge in [0, 0.05) is 31.3 Å². The Hall–Kier alpha value is -2.04. The van der Waals surface area contributed by atoms with Crippen LogP contribution in [0.2, 0.25) is 0 Å². The predicted octanol–water partition coefficient (Wildman–Crippen LogP) is 0.879. The van der Waals surface area contributed by atoms with Gasteiger partial charge >= 0.3 is 6.03 Å². The fourth-order valence-corrected chi connectivity index (χ4v) is 2.58. The lowest BCUT2D eigenvalue weighted by molar-refractivity contribution is -0.131. The molecule has 0 aliphatic carbocycles. The number of rotatable bonds is 0. The quantitative estimate of drug-likeness (QED) is 0.651. The molecule has 1 atom stereocenters. The summed E-state index contributed by atoms with van der Waals surface area (Å²) in [7, 11) is 1.51. The van der Waals surface area contributed by atoms with Gasteiger partial charge in [-0.2, -0.15) is 0 Å². The first-order valence-electron chi connectivity index (χ1n) is 5.59. The SMILES string of the molecule is CN1C(=O)NC2(CCNc3ccccc32)C1=O. The number of imide groups is 1. The van der Waals surface area contributed by atoms with E-state index in [1.807, 2.05) is 24.3 Å². The van der Waals surface area contributed by atoms with Gasteiger partial charge in [0.25, 0.3) is 5.91 Å². The molecule has 0 radical (unpaired) electrons. The molecule has 2 heterocycles. The highest BCUT2D eigenvalue weighted by Gasteiger charge is 2.52. The maximum absolute atomic E-state index is 12.3. The van der Waals surface area contributed by atoms with Gasteiger partial charge in [-0.15, -0.1) is 0 Å². The molecular formula is C12H13N3O2. The molecule has 1 aromatic carbocycles. The van der Waals surface area contributed by atoms with Crippen molar-refractivity contribution >= 4 is 17.6 Å². The summed E-state index contributed by atoms with van der Waals surface area (Å²) in [5, 5.41) is 6.06. The van der Waals surface area contributed by atoms with Crippen LogP contribution in [0.25, 0.3) is 0 Å². The Kier molecular flexibility index (Phi) is 1.92. The summed E-state index contributed by atoms with van der Waals surface area (Å²) >= 11 is 0. The lowest BCUT2D eigenvalue weighted by Gasteiger charge is -2.33. The van der Waals surface area contributed by atoms with E-state index >= 15 is 0 Å². The molecule has 17 heavy (non-hydrogen) atoms. The normalized spacial score (nSPS) is 26.8. The van der Waals surface area contributed by atoms with Gasteiger partial charge in [-0.05, 0) is 6.07 Å². The van der Waals surface area contributed by atoms with E-state index in [1.54, 1.807) is 0 Å². The predicted molar refractivity (Wildman–Crippen MR) is 62.5 cm³/mol. The van der Waals surface area contributed by atoms with Crippen molar-refractivity contribution in [1.82, 2.24) is 10.2 Å². The average molecular weight is 231 g/mol. The molecular weight excluding hydrogens is 218 g/mol. The minimum absolute atomic E-state index is 0.170. The van der Waals surface area contributed by atoms with Gasteiger partial charge in [-0.3, -0.25) is 9.69 Å². The Morgan fingerprint density at radius 2 is 2.06 bits per heavy atom. The number of benzene rings is 1. The van der Waals surface area contributed by atoms with Gasteiger partial charge in [-0.25, -0.2) is 4.79 Å². The van der Waals surface area contributed by atoms with Crippen LogP contribution >= 0.6 is 0 Å². The van der Waals surface area contributed by atoms with Crippen molar-refractivity contribution in [3.8, 4) is 0 Å². The number of para-hydroxylation sites is 1. The van der Waals surface area contributed by atoms with Crippen LogP contribution in [0, 0.1) is 0 Å². The van der Waals surface area contributed by atoms with Crippen molar-refractivity contribution < 1.29 is 9.59 Å². The van der Waals surface area contributed by atoms with Crippen LogP contribution in [-0.4, -0.2) is 30.4 Å². The number of hydrogen-bond acceptors (Lipinski definition) is 3. The Morgan fingerprint density at radius 3 is 2.76 bits per heavy atom. The van der Waals surface area contributed by atoms with Gasteiger partial charge in [0.15, 0.2) is 5.54 Å². The highest BCUT2D eigenvalue weighted by molar-refractivity contribution is 6.08. The van der Waals surface area contributed by atoms with Gasteiger partial charge in [0.05, 0.1) is 0 Å². The molecule has 1 fully saturated rings. The lowest BCUT2D eigenvalue weighted by Crippen LogP contribution is -2.48. The minimum atomic E-state index is -0.867. The molecule has 88 valence electrons. The highest BCUT2D eigenvalue weighted by atomic mass is 16.2. The number of likely N-dealkylation sites (N-methyl/N-ethyl adjacent to an activating group) is 1. The van der Waals surface area contributed by atoms with Crippen molar-refractivity contribution in [2.75, 3.05) is 18.9 Å². The van der Waals surface area contributed by atoms with Crippen LogP contribution in [-0.2, 0) is 10.3 Å². The number of anilines is 1. The molecule has 3 amide bonds. The van der Waals surface area contributed by atoms with E-state index in [2.05, 4.69) is 10.6 Å². The molecule has 2 N–H and O–H groups in total. The first-order chi connectivity index (χ1) is 8.15. The minimum Gasteiger partial charge on any atom is -0.385 e. The fourth-order valence-electron chi connectivity index (χ4n) is 2.58. The number of amides is 3. The van der Waals surface area contributed by atoms with Crippen LogP contribution in [0.3, 0.4) is 0 Å². The third-order valence-electron chi connectivity index (χ3n) is 3.50. The van der Waals surface area contributed by atoms with E-state index in [4.69, 9.17) is 0 Å². The van der Waals surface area contributed by atoms with Gasteiger partial charge < -0.3 is 10.6 Å². The van der Waals surface area contributed by atoms with E-state index in [9.17, 15) is 9.59 Å². The number of fused-ring (bicyclic) bond motifs is 2. The maximum Gasteiger partial charge on any atom is 0.325 e. The molecule has 1 aromatic rings. The summed E-state index contributed by atoms with van der Waals surface area (Å²) in [6, 6.07) is 7.28. The summed E-state index contributed by atoms with van der Waals surface area (Å²) in [5.74, 6) is -0.170. The standard InChI is InChI=1S/C12H13N3O2/c1-15-10(16)12(14-11(15)17)6-7-13-9-5-3-2-4-8(9)12/h2-5,13H,6-7H2,1H3,(H,14,17). The summed E-state index contributed by atoms with van der Waals surface area (Å²) in [6.07, 6.45) is 0.582. The number of nitrogens with zero attached hydrogens (tertiary/aromatic N) is 1. The zero-order chi connectivity index (χ0) is 12.0. The number of carbonyl (C=O) groups excluding carboxylic acids is 2. The molecule has 3 rings (SSSR count). The lowest BCUT2D eigenvalue weighted by atomic mass is 9.83. The smallest absolute Gasteiger partial charge is 0.325 e. The van der Waals surface area contributed by atoms with Crippen LogP contribution in [0.4, 0.5) is 10.5 Å². The molecule has 0 bridgehead atoms. The number of carbonyl (C=O) groups is 2. The number of nitrogens with one attached hydrogen (secondary N) is 2. The maximum atomic E-state index is 12.3. The fraction of sp³-hybridized carbons (Fsp3) is 0.333. The summed E-state index contributed by atoms with van der Waals surface area (Å²) in [5.41, 5.74) is 0.907. The Bertz CT molecular complexity index is 514. The zero-order valence-corrected chi connectivity index (χ0v) is 9.49. The topological polar surface area (TPSA) is 61.4 Å². The molecule has 5 heteroatoms. The molecule has 0 aromatic heterocycles. The molecule has 5 nitrogen and oxygen atoms in total. The van der Waals surface area contributed by atoms with Crippen molar-refractivity contribution in [3.05, 3.63) is 29.8 Å². The van der Waals surface area contributed by atoms with Gasteiger partial charge in [0.2, 0.25) is 0 Å². The second-order valence-corrected chi connectivity index (χ2v) is 4.42. The average Bonchev–Trinajstić information content (AvgIpc) is 2.56. The van der Waals surface area contributed by atoms with Crippen molar-refractivity contribution in [2.24, 2.45) is 0 Å². The Morgan fingerprint density at radius 1 is 1.29 bits per heavy atom. The van der Waals surface area contributed by atoms with Crippen molar-refractivity contribution in [2.45, 2.75) is 12.0 Å².